The number of hydrogen-bond donors (Lipinski definition) is 1. The fraction of sp³-hybridized carbons (Fsp3) is 0.520. The van der Waals surface area contributed by atoms with Gasteiger partial charge in [0.25, 0.3) is 0 Å². The van der Waals surface area contributed by atoms with Crippen molar-refractivity contribution in [2.75, 3.05) is 13.1 Å². The van der Waals surface area contributed by atoms with Crippen LogP contribution in [0.3, 0.4) is 0 Å². The highest BCUT2D eigenvalue weighted by Gasteiger charge is 2.27. The Morgan fingerprint density at radius 2 is 1.93 bits per heavy atom. The van der Waals surface area contributed by atoms with E-state index in [9.17, 15) is 4.79 Å². The standard InChI is InChI=1S/C25H32N4O/c1-18-15-27-24(29(18)17-20-6-7-20)14-19-10-12-28(13-11-19)25(30)9-8-21-16-26-23-5-3-2-4-22(21)23/h2-5,15-16,19-20,26H,6-14,17H2,1H3. The number of aromatic amines is 1. The van der Waals surface area contributed by atoms with Crippen LogP contribution in [-0.4, -0.2) is 38.4 Å². The number of fused-ring (bicyclic) bond motifs is 1. The number of piperidine rings is 1. The smallest absolute Gasteiger partial charge is 0.222 e. The van der Waals surface area contributed by atoms with E-state index in [0.717, 1.165) is 56.8 Å². The zero-order chi connectivity index (χ0) is 20.5. The minimum atomic E-state index is 0.296. The summed E-state index contributed by atoms with van der Waals surface area (Å²) in [6.45, 7) is 5.10. The van der Waals surface area contributed by atoms with Gasteiger partial charge in [-0.1, -0.05) is 18.2 Å². The van der Waals surface area contributed by atoms with Gasteiger partial charge in [-0.05, 0) is 62.5 Å². The molecular formula is C25H32N4O. The highest BCUT2D eigenvalue weighted by molar-refractivity contribution is 5.84. The Morgan fingerprint density at radius 3 is 2.73 bits per heavy atom. The molecule has 2 fully saturated rings. The molecule has 158 valence electrons. The number of aryl methyl sites for hydroxylation is 2. The molecule has 0 atom stereocenters. The van der Waals surface area contributed by atoms with E-state index in [4.69, 9.17) is 4.98 Å². The maximum Gasteiger partial charge on any atom is 0.222 e. The maximum atomic E-state index is 12.8. The Hall–Kier alpha value is -2.56. The minimum absolute atomic E-state index is 0.296. The van der Waals surface area contributed by atoms with Crippen molar-refractivity contribution in [3.63, 3.8) is 0 Å². The molecule has 3 heterocycles. The second kappa shape index (κ2) is 8.29. The summed E-state index contributed by atoms with van der Waals surface area (Å²) in [5, 5.41) is 1.24. The van der Waals surface area contributed by atoms with Crippen molar-refractivity contribution in [2.24, 2.45) is 11.8 Å². The SMILES string of the molecule is Cc1cnc(CC2CCN(C(=O)CCc3c[nH]c4ccccc34)CC2)n1CC1CC1. The number of carbonyl (C=O) groups is 1. The summed E-state index contributed by atoms with van der Waals surface area (Å²) >= 11 is 0. The van der Waals surface area contributed by atoms with E-state index in [1.165, 1.54) is 35.3 Å². The van der Waals surface area contributed by atoms with Crippen molar-refractivity contribution >= 4 is 16.8 Å². The summed E-state index contributed by atoms with van der Waals surface area (Å²) in [7, 11) is 0. The van der Waals surface area contributed by atoms with Crippen molar-refractivity contribution in [2.45, 2.75) is 58.4 Å². The zero-order valence-electron chi connectivity index (χ0n) is 17.9. The first-order chi connectivity index (χ1) is 14.7. The van der Waals surface area contributed by atoms with Gasteiger partial charge >= 0.3 is 0 Å². The zero-order valence-corrected chi connectivity index (χ0v) is 17.9. The molecule has 1 N–H and O–H groups in total. The lowest BCUT2D eigenvalue weighted by Gasteiger charge is -2.32. The average Bonchev–Trinajstić information content (AvgIpc) is 3.41. The number of amides is 1. The maximum absolute atomic E-state index is 12.8. The molecule has 1 amide bonds. The fourth-order valence-corrected chi connectivity index (χ4v) is 4.86. The summed E-state index contributed by atoms with van der Waals surface area (Å²) in [4.78, 5) is 22.9. The van der Waals surface area contributed by atoms with Gasteiger partial charge < -0.3 is 14.5 Å². The Kier molecular flexibility index (Phi) is 5.36. The van der Waals surface area contributed by atoms with Gasteiger partial charge in [0.2, 0.25) is 5.91 Å². The number of likely N-dealkylation sites (tertiary alicyclic amines) is 1. The van der Waals surface area contributed by atoms with Crippen LogP contribution in [-0.2, 0) is 24.2 Å². The number of hydrogen-bond acceptors (Lipinski definition) is 2. The quantitative estimate of drug-likeness (QED) is 0.630. The van der Waals surface area contributed by atoms with Crippen molar-refractivity contribution in [3.8, 4) is 0 Å². The number of carbonyl (C=O) groups excluding carboxylic acids is 1. The van der Waals surface area contributed by atoms with Gasteiger partial charge in [0.1, 0.15) is 5.82 Å². The first-order valence-electron chi connectivity index (χ1n) is 11.5. The van der Waals surface area contributed by atoms with Crippen LogP contribution < -0.4 is 0 Å². The number of imidazole rings is 1. The van der Waals surface area contributed by atoms with Crippen LogP contribution in [0, 0.1) is 18.8 Å². The second-order valence-electron chi connectivity index (χ2n) is 9.26. The first kappa shape index (κ1) is 19.4. The molecule has 5 rings (SSSR count). The predicted octanol–water partition coefficient (Wildman–Crippen LogP) is 4.50. The molecular weight excluding hydrogens is 372 g/mol. The summed E-state index contributed by atoms with van der Waals surface area (Å²) in [5.74, 6) is 3.06. The number of rotatable bonds is 7. The van der Waals surface area contributed by atoms with E-state index in [1.807, 2.05) is 12.3 Å². The third kappa shape index (κ3) is 4.16. The lowest BCUT2D eigenvalue weighted by atomic mass is 9.93. The molecule has 0 bridgehead atoms. The number of para-hydroxylation sites is 1. The normalized spacial score (nSPS) is 17.7. The van der Waals surface area contributed by atoms with Crippen molar-refractivity contribution in [1.82, 2.24) is 19.4 Å². The topological polar surface area (TPSA) is 53.9 Å². The highest BCUT2D eigenvalue weighted by atomic mass is 16.2. The van der Waals surface area contributed by atoms with E-state index in [-0.39, 0.29) is 0 Å². The van der Waals surface area contributed by atoms with Gasteiger partial charge in [0.05, 0.1) is 0 Å². The summed E-state index contributed by atoms with van der Waals surface area (Å²) < 4.78 is 2.44. The van der Waals surface area contributed by atoms with Crippen LogP contribution in [0.15, 0.2) is 36.7 Å². The van der Waals surface area contributed by atoms with Crippen molar-refractivity contribution < 1.29 is 4.79 Å². The summed E-state index contributed by atoms with van der Waals surface area (Å²) in [6.07, 6.45) is 11.5. The molecule has 2 aliphatic rings. The largest absolute Gasteiger partial charge is 0.361 e. The van der Waals surface area contributed by atoms with E-state index in [0.29, 0.717) is 18.2 Å². The lowest BCUT2D eigenvalue weighted by molar-refractivity contribution is -0.132. The Labute approximate surface area is 178 Å². The third-order valence-corrected chi connectivity index (χ3v) is 7.00. The van der Waals surface area contributed by atoms with Crippen molar-refractivity contribution in [3.05, 3.63) is 53.7 Å². The molecule has 2 aromatic heterocycles. The molecule has 1 aromatic carbocycles. The molecule has 5 nitrogen and oxygen atoms in total. The number of H-pyrrole nitrogens is 1. The average molecular weight is 405 g/mol. The molecule has 5 heteroatoms. The summed E-state index contributed by atoms with van der Waals surface area (Å²) in [6, 6.07) is 8.32. The molecule has 0 unspecified atom stereocenters. The molecule has 3 aromatic rings. The van der Waals surface area contributed by atoms with Crippen LogP contribution in [0.1, 0.15) is 49.2 Å². The number of nitrogens with one attached hydrogen (secondary N) is 1. The van der Waals surface area contributed by atoms with Crippen LogP contribution in [0.25, 0.3) is 10.9 Å². The van der Waals surface area contributed by atoms with E-state index in [1.54, 1.807) is 0 Å². The monoisotopic (exact) mass is 404 g/mol. The second-order valence-corrected chi connectivity index (χ2v) is 9.26. The number of benzene rings is 1. The number of nitrogens with zero attached hydrogens (tertiary/aromatic N) is 3. The van der Waals surface area contributed by atoms with Gasteiger partial charge in [0.15, 0.2) is 0 Å². The van der Waals surface area contributed by atoms with E-state index >= 15 is 0 Å². The molecule has 1 saturated carbocycles. The summed E-state index contributed by atoms with van der Waals surface area (Å²) in [5.41, 5.74) is 3.68. The molecule has 30 heavy (non-hydrogen) atoms. The number of aromatic nitrogens is 3. The first-order valence-corrected chi connectivity index (χ1v) is 11.5. The van der Waals surface area contributed by atoms with Gasteiger partial charge in [-0.3, -0.25) is 4.79 Å². The van der Waals surface area contributed by atoms with E-state index in [2.05, 4.69) is 45.8 Å². The molecule has 0 radical (unpaired) electrons. The predicted molar refractivity (Wildman–Crippen MR) is 119 cm³/mol. The third-order valence-electron chi connectivity index (χ3n) is 7.00. The highest BCUT2D eigenvalue weighted by Crippen LogP contribution is 2.32. The minimum Gasteiger partial charge on any atom is -0.361 e. The van der Waals surface area contributed by atoms with Gasteiger partial charge in [-0.2, -0.15) is 0 Å². The van der Waals surface area contributed by atoms with Gasteiger partial charge in [-0.25, -0.2) is 4.98 Å². The van der Waals surface area contributed by atoms with Crippen LogP contribution in [0.4, 0.5) is 0 Å². The molecule has 1 aliphatic heterocycles. The van der Waals surface area contributed by atoms with E-state index < -0.39 is 0 Å². The Bertz CT molecular complexity index is 1020. The Morgan fingerprint density at radius 1 is 1.13 bits per heavy atom. The van der Waals surface area contributed by atoms with Crippen LogP contribution in [0.2, 0.25) is 0 Å². The van der Waals surface area contributed by atoms with Gasteiger partial charge in [-0.15, -0.1) is 0 Å². The fourth-order valence-electron chi connectivity index (χ4n) is 4.86. The Balaban J connectivity index is 1.12. The van der Waals surface area contributed by atoms with Crippen LogP contribution >= 0.6 is 0 Å². The van der Waals surface area contributed by atoms with Crippen molar-refractivity contribution in [1.29, 1.82) is 0 Å². The molecule has 1 aliphatic carbocycles. The molecule has 1 saturated heterocycles. The lowest BCUT2D eigenvalue weighted by Crippen LogP contribution is -2.39. The van der Waals surface area contributed by atoms with Crippen LogP contribution in [0.5, 0.6) is 0 Å². The van der Waals surface area contributed by atoms with Gasteiger partial charge in [0, 0.05) is 61.5 Å². The molecule has 0 spiro atoms.